The summed E-state index contributed by atoms with van der Waals surface area (Å²) >= 11 is 0. The quantitative estimate of drug-likeness (QED) is 0.0283. The SMILES string of the molecule is C#CCCCC.C/C=C/C.C/C=C/COC.CC(C)=O.CCC(=O)N(C)C.CCC(=O)O.CCC(N)=O.CCCCCC.CCCCCCC.CCCOCCC.CCN(CC)CC.CN(C)C.CNC.COCCOC.COCOC.Cc1ccc(C)cc1.Cc1ccc(CN)cc1. The lowest BCUT2D eigenvalue weighted by molar-refractivity contribution is -0.136. The molecule has 0 atom stereocenters. The van der Waals surface area contributed by atoms with Crippen molar-refractivity contribution in [3.63, 3.8) is 0 Å². The summed E-state index contributed by atoms with van der Waals surface area (Å²) in [5.74, 6) is 1.93. The normalized spacial score (nSPS) is 8.80. The van der Waals surface area contributed by atoms with Crippen LogP contribution in [0, 0.1) is 33.1 Å². The van der Waals surface area contributed by atoms with E-state index in [-0.39, 0.29) is 24.0 Å². The Morgan fingerprint density at radius 3 is 0.949 bits per heavy atom. The Kier molecular flexibility index (Phi) is 185. The van der Waals surface area contributed by atoms with Gasteiger partial charge in [0.1, 0.15) is 12.6 Å². The molecule has 2 amide bonds. The zero-order valence-electron chi connectivity index (χ0n) is 71.6. The monoisotopic (exact) mass is 1420 g/mol. The number of carboxylic acids is 1. The molecule has 0 unspecified atom stereocenters. The number of aliphatic carboxylic acids is 1. The van der Waals surface area contributed by atoms with Crippen LogP contribution < -0.4 is 16.8 Å². The van der Waals surface area contributed by atoms with Crippen molar-refractivity contribution in [1.29, 1.82) is 0 Å². The van der Waals surface area contributed by atoms with Gasteiger partial charge < -0.3 is 69.8 Å². The van der Waals surface area contributed by atoms with Crippen LogP contribution in [0.15, 0.2) is 72.8 Å². The van der Waals surface area contributed by atoms with Crippen LogP contribution in [-0.2, 0) is 54.1 Å². The number of ether oxygens (including phenoxy) is 6. The number of unbranched alkanes of at least 4 members (excludes halogenated alkanes) is 9. The number of nitrogens with two attached hydrogens (primary N) is 2. The molecule has 0 heterocycles. The number of ketones is 1. The number of benzene rings is 2. The first-order chi connectivity index (χ1) is 46.9. The van der Waals surface area contributed by atoms with Crippen molar-refractivity contribution >= 4 is 23.6 Å². The van der Waals surface area contributed by atoms with Crippen LogP contribution in [0.3, 0.4) is 0 Å². The van der Waals surface area contributed by atoms with E-state index < -0.39 is 5.97 Å². The van der Waals surface area contributed by atoms with Crippen LogP contribution in [0.25, 0.3) is 0 Å². The van der Waals surface area contributed by atoms with Crippen molar-refractivity contribution in [2.24, 2.45) is 11.5 Å². The molecular formula is C82H172N6O11. The number of Topliss-reactive ketones (excluding diaryl/α,β-unsaturated/α-hetero) is 1. The van der Waals surface area contributed by atoms with Gasteiger partial charge in [-0.25, -0.2) is 0 Å². The zero-order valence-corrected chi connectivity index (χ0v) is 71.6. The van der Waals surface area contributed by atoms with Gasteiger partial charge in [0.05, 0.1) is 19.8 Å². The molecule has 17 nitrogen and oxygen atoms in total. The molecule has 2 rings (SSSR count). The van der Waals surface area contributed by atoms with E-state index in [1.54, 1.807) is 68.4 Å². The van der Waals surface area contributed by atoms with Crippen LogP contribution in [0.4, 0.5) is 0 Å². The second-order valence-corrected chi connectivity index (χ2v) is 22.0. The average Bonchev–Trinajstić information content (AvgIpc) is 2.01. The van der Waals surface area contributed by atoms with Gasteiger partial charge in [0.2, 0.25) is 11.8 Å². The van der Waals surface area contributed by atoms with E-state index in [9.17, 15) is 19.2 Å². The number of amides is 2. The van der Waals surface area contributed by atoms with E-state index in [1.165, 1.54) is 126 Å². The first-order valence-electron chi connectivity index (χ1n) is 36.4. The standard InChI is InChI=1S/C8H11N.C8H10.C7H16.C6H15N.C6H14O.C6H14.C6H10.C5H11NO.C5H10O.C4H10O2.C4H8.C3H7NO.C3H9N.C3H8O2.C3H6O2.C3H6O.C2H7N/c1-7-2-4-8(6-9)5-3-7;1-7-3-5-8(2)6-4-7;1-3-5-7-6-4-2;1-4-7(5-2)6-3;1-3-5-7-6-4-2;2*1-3-5-6-4-2;1-4-5(7)6(2)3;1-3-4-5-6-2;1-5-3-4-6-2;1-3-4-2;1-2-3(4)5;1-4(2)3;1-4-3-5-2;1-2-3(4)5;1-3(2)4;1-3-2/h2-5H,6,9H2,1H3;3-6H,1-2H3;3-7H2,1-2H3;4-6H2,1-3H3;3-6H2,1-2H3;3-6H2,1-2H3;1H,4-6H2,2H3;4H2,1-3H3;3-4H,5H2,1-2H3;3-4H2,1-2H3;3-4H,1-2H3;2H2,1H3,(H2,4,5);1-3H3;3H2,1-2H3;2H2,1H3,(H,4,5);1-2H3;3H,1-2H3/b;;;;;;;;4-3+;;4-3+;;;;;;. The number of rotatable bonds is 27. The second kappa shape index (κ2) is 140. The molecule has 99 heavy (non-hydrogen) atoms. The highest BCUT2D eigenvalue weighted by Gasteiger charge is 1.95. The summed E-state index contributed by atoms with van der Waals surface area (Å²) in [4.78, 5) is 44.8. The number of nitrogens with one attached hydrogen (secondary N) is 1. The Hall–Kier alpha value is -4.84. The molecule has 0 saturated carbocycles. The third-order valence-corrected chi connectivity index (χ3v) is 10.5. The molecule has 2 aromatic rings. The fourth-order valence-corrected chi connectivity index (χ4v) is 4.67. The smallest absolute Gasteiger partial charge is 0.303 e. The van der Waals surface area contributed by atoms with E-state index in [0.717, 1.165) is 39.1 Å². The number of methoxy groups -OCH3 is 5. The van der Waals surface area contributed by atoms with E-state index in [2.05, 4.69) is 179 Å². The highest BCUT2D eigenvalue weighted by Crippen LogP contribution is 2.02. The number of primary amides is 1. The molecule has 0 aliphatic heterocycles. The molecule has 0 aromatic heterocycles. The number of carboxylic acid groups (broad SMARTS) is 1. The number of nitrogens with zero attached hydrogens (tertiary/aromatic N) is 3. The Morgan fingerprint density at radius 2 is 0.818 bits per heavy atom. The number of allylic oxidation sites excluding steroid dienone is 3. The Labute approximate surface area is 617 Å². The minimum absolute atomic E-state index is 0.167. The number of carbonyl (C=O) groups excluding carboxylic acids is 3. The van der Waals surface area contributed by atoms with Gasteiger partial charge in [-0.2, -0.15) is 0 Å². The molecule has 0 saturated heterocycles. The van der Waals surface area contributed by atoms with Gasteiger partial charge in [0.15, 0.2) is 0 Å². The fourth-order valence-electron chi connectivity index (χ4n) is 4.67. The largest absolute Gasteiger partial charge is 0.481 e. The molecule has 0 aliphatic rings. The van der Waals surface area contributed by atoms with Crippen LogP contribution in [-0.4, -0.2) is 188 Å². The predicted molar refractivity (Wildman–Crippen MR) is 440 cm³/mol. The van der Waals surface area contributed by atoms with Gasteiger partial charge in [-0.05, 0) is 135 Å². The van der Waals surface area contributed by atoms with Gasteiger partial charge in [-0.3, -0.25) is 14.4 Å². The van der Waals surface area contributed by atoms with Crippen LogP contribution >= 0.6 is 0 Å². The van der Waals surface area contributed by atoms with Crippen molar-refractivity contribution < 1.29 is 52.7 Å². The van der Waals surface area contributed by atoms with E-state index in [4.69, 9.17) is 26.7 Å². The third-order valence-electron chi connectivity index (χ3n) is 10.5. The van der Waals surface area contributed by atoms with Crippen LogP contribution in [0.2, 0.25) is 0 Å². The lowest BCUT2D eigenvalue weighted by Gasteiger charge is -2.13. The summed E-state index contributed by atoms with van der Waals surface area (Å²) in [6.45, 7) is 50.9. The number of aryl methyl sites for hydroxylation is 3. The average molecular weight is 1420 g/mol. The topological polar surface area (TPSA) is 218 Å². The van der Waals surface area contributed by atoms with Gasteiger partial charge >= 0.3 is 5.97 Å². The molecule has 0 aliphatic carbocycles. The summed E-state index contributed by atoms with van der Waals surface area (Å²) < 4.78 is 28.1. The summed E-state index contributed by atoms with van der Waals surface area (Å²) in [6.07, 6.45) is 32.3. The summed E-state index contributed by atoms with van der Waals surface area (Å²) in [5.41, 5.74) is 15.2. The number of carbonyl (C=O) groups is 4. The van der Waals surface area contributed by atoms with Crippen molar-refractivity contribution in [3.05, 3.63) is 95.1 Å². The molecule has 0 fully saturated rings. The summed E-state index contributed by atoms with van der Waals surface area (Å²) in [6, 6.07) is 16.7. The highest BCUT2D eigenvalue weighted by atomic mass is 16.6. The molecular weight excluding hydrogens is 1240 g/mol. The highest BCUT2D eigenvalue weighted by molar-refractivity contribution is 5.75. The molecule has 17 heteroatoms. The molecule has 6 N–H and O–H groups in total. The number of hydrogen-bond donors (Lipinski definition) is 4. The minimum Gasteiger partial charge on any atom is -0.481 e. The van der Waals surface area contributed by atoms with Gasteiger partial charge in [-0.1, -0.05) is 244 Å². The Morgan fingerprint density at radius 1 is 0.515 bits per heavy atom. The van der Waals surface area contributed by atoms with Crippen molar-refractivity contribution in [2.75, 3.05) is 144 Å². The Balaban J connectivity index is -0.0000000586. The molecule has 2 aromatic carbocycles. The molecule has 596 valence electrons. The predicted octanol–water partition coefficient (Wildman–Crippen LogP) is 19.1. The maximum atomic E-state index is 10.4. The lowest BCUT2D eigenvalue weighted by atomic mass is 10.2. The first-order valence-corrected chi connectivity index (χ1v) is 36.4. The number of terminal acetylenes is 1. The zero-order chi connectivity index (χ0) is 80.6. The van der Waals surface area contributed by atoms with Gasteiger partial charge in [0.25, 0.3) is 0 Å². The van der Waals surface area contributed by atoms with Crippen molar-refractivity contribution in [1.82, 2.24) is 20.0 Å². The summed E-state index contributed by atoms with van der Waals surface area (Å²) in [5, 5.41) is 10.5. The maximum Gasteiger partial charge on any atom is 0.303 e. The third kappa shape index (κ3) is 245. The summed E-state index contributed by atoms with van der Waals surface area (Å²) in [7, 11) is 21.4. The first kappa shape index (κ1) is 130. The molecule has 0 bridgehead atoms. The van der Waals surface area contributed by atoms with Crippen LogP contribution in [0.5, 0.6) is 0 Å². The van der Waals surface area contributed by atoms with E-state index in [0.29, 0.717) is 39.4 Å². The Bertz CT molecular complexity index is 1650. The maximum absolute atomic E-state index is 10.4. The second-order valence-electron chi connectivity index (χ2n) is 22.0. The number of hydrogen-bond acceptors (Lipinski definition) is 14. The van der Waals surface area contributed by atoms with E-state index in [1.807, 2.05) is 92.1 Å². The van der Waals surface area contributed by atoms with Gasteiger partial charge in [-0.15, -0.1) is 12.3 Å². The molecule has 0 spiro atoms. The van der Waals surface area contributed by atoms with E-state index >= 15 is 0 Å². The van der Waals surface area contributed by atoms with Crippen LogP contribution in [0.1, 0.15) is 256 Å². The molecule has 0 radical (unpaired) electrons. The lowest BCUT2D eigenvalue weighted by Crippen LogP contribution is -2.21. The van der Waals surface area contributed by atoms with Crippen molar-refractivity contribution in [2.45, 2.75) is 261 Å². The minimum atomic E-state index is -0.745. The van der Waals surface area contributed by atoms with Gasteiger partial charge in [0, 0.05) is 95.1 Å². The fraction of sp³-hybridized carbons (Fsp3) is 0.732. The van der Waals surface area contributed by atoms with Crippen molar-refractivity contribution in [3.8, 4) is 12.3 Å².